The third-order valence-electron chi connectivity index (χ3n) is 4.76. The van der Waals surface area contributed by atoms with E-state index in [9.17, 15) is 5.11 Å². The molecule has 0 amide bonds. The number of hydrogen-bond acceptors (Lipinski definition) is 3. The third kappa shape index (κ3) is 3.15. The Morgan fingerprint density at radius 2 is 2.05 bits per heavy atom. The summed E-state index contributed by atoms with van der Waals surface area (Å²) in [6.45, 7) is 0.404. The summed E-state index contributed by atoms with van der Waals surface area (Å²) in [5.41, 5.74) is 8.59. The molecule has 2 aliphatic carbocycles. The molecule has 0 bridgehead atoms. The van der Waals surface area contributed by atoms with Crippen molar-refractivity contribution in [2.45, 2.75) is 57.1 Å². The molecule has 1 saturated carbocycles. The maximum atomic E-state index is 10.1. The molecule has 2 aliphatic rings. The van der Waals surface area contributed by atoms with Crippen LogP contribution < -0.4 is 10.5 Å². The van der Waals surface area contributed by atoms with E-state index in [1.54, 1.807) is 0 Å². The number of aliphatic hydroxyl groups is 1. The maximum Gasteiger partial charge on any atom is 0.119 e. The average molecular weight is 275 g/mol. The van der Waals surface area contributed by atoms with Gasteiger partial charge in [0, 0.05) is 6.04 Å². The van der Waals surface area contributed by atoms with Crippen LogP contribution in [0.2, 0.25) is 0 Å². The minimum Gasteiger partial charge on any atom is -0.491 e. The number of aliphatic hydroxyl groups excluding tert-OH is 1. The third-order valence-corrected chi connectivity index (χ3v) is 4.76. The molecule has 0 saturated heterocycles. The lowest BCUT2D eigenvalue weighted by atomic mass is 10.0. The molecule has 1 unspecified atom stereocenters. The first-order valence-corrected chi connectivity index (χ1v) is 7.91. The van der Waals surface area contributed by atoms with E-state index >= 15 is 0 Å². The van der Waals surface area contributed by atoms with E-state index in [-0.39, 0.29) is 12.1 Å². The molecule has 3 N–H and O–H groups in total. The lowest BCUT2D eigenvalue weighted by Gasteiger charge is -2.16. The van der Waals surface area contributed by atoms with Crippen molar-refractivity contribution in [1.82, 2.24) is 0 Å². The zero-order valence-electron chi connectivity index (χ0n) is 12.1. The van der Waals surface area contributed by atoms with E-state index < -0.39 is 0 Å². The summed E-state index contributed by atoms with van der Waals surface area (Å²) in [4.78, 5) is 0. The number of ether oxygens (including phenoxy) is 1. The van der Waals surface area contributed by atoms with Crippen LogP contribution in [0.4, 0.5) is 0 Å². The monoisotopic (exact) mass is 275 g/mol. The summed E-state index contributed by atoms with van der Waals surface area (Å²) in [6.07, 6.45) is 7.81. The van der Waals surface area contributed by atoms with Gasteiger partial charge in [-0.25, -0.2) is 0 Å². The first-order valence-electron chi connectivity index (χ1n) is 7.91. The zero-order chi connectivity index (χ0) is 13.9. The number of fused-ring (bicyclic) bond motifs is 1. The van der Waals surface area contributed by atoms with Gasteiger partial charge in [0.15, 0.2) is 0 Å². The number of rotatable bonds is 5. The molecule has 3 heteroatoms. The fourth-order valence-electron chi connectivity index (χ4n) is 3.61. The molecule has 0 heterocycles. The van der Waals surface area contributed by atoms with Crippen LogP contribution in [0.25, 0.3) is 0 Å². The summed E-state index contributed by atoms with van der Waals surface area (Å²) < 4.78 is 5.75. The molecule has 20 heavy (non-hydrogen) atoms. The van der Waals surface area contributed by atoms with Crippen LogP contribution in [-0.2, 0) is 6.42 Å². The standard InChI is InChI=1S/C17H25NO2/c18-17-8-5-13-10-15(6-7-16(13)17)20-11-14(19)9-12-3-1-2-4-12/h6-7,10,12,14,17,19H,1-5,8-9,11,18H2/t14?,17-/m0/s1. The molecule has 1 aromatic rings. The molecule has 110 valence electrons. The highest BCUT2D eigenvalue weighted by Gasteiger charge is 2.21. The Morgan fingerprint density at radius 3 is 2.85 bits per heavy atom. The molecule has 0 aliphatic heterocycles. The maximum absolute atomic E-state index is 10.1. The van der Waals surface area contributed by atoms with E-state index in [0.717, 1.165) is 25.0 Å². The fraction of sp³-hybridized carbons (Fsp3) is 0.647. The van der Waals surface area contributed by atoms with Crippen molar-refractivity contribution < 1.29 is 9.84 Å². The predicted molar refractivity (Wildman–Crippen MR) is 79.8 cm³/mol. The van der Waals surface area contributed by atoms with Gasteiger partial charge in [0.25, 0.3) is 0 Å². The molecule has 0 radical (unpaired) electrons. The molecule has 1 aromatic carbocycles. The second kappa shape index (κ2) is 6.15. The Balaban J connectivity index is 1.50. The van der Waals surface area contributed by atoms with Gasteiger partial charge in [-0.05, 0) is 48.4 Å². The molecule has 1 fully saturated rings. The van der Waals surface area contributed by atoms with Gasteiger partial charge < -0.3 is 15.6 Å². The lowest BCUT2D eigenvalue weighted by Crippen LogP contribution is -2.20. The first-order chi connectivity index (χ1) is 9.72. The van der Waals surface area contributed by atoms with E-state index in [4.69, 9.17) is 10.5 Å². The van der Waals surface area contributed by atoms with Crippen molar-refractivity contribution in [3.63, 3.8) is 0 Å². The van der Waals surface area contributed by atoms with Crippen molar-refractivity contribution in [2.75, 3.05) is 6.61 Å². The summed E-state index contributed by atoms with van der Waals surface area (Å²) in [5.74, 6) is 1.56. The highest BCUT2D eigenvalue weighted by molar-refractivity contribution is 5.40. The molecule has 3 rings (SSSR count). The van der Waals surface area contributed by atoms with Crippen LogP contribution >= 0.6 is 0 Å². The van der Waals surface area contributed by atoms with Gasteiger partial charge in [-0.1, -0.05) is 31.7 Å². The van der Waals surface area contributed by atoms with E-state index in [0.29, 0.717) is 12.5 Å². The lowest BCUT2D eigenvalue weighted by molar-refractivity contribution is 0.0855. The highest BCUT2D eigenvalue weighted by atomic mass is 16.5. The number of nitrogens with two attached hydrogens (primary N) is 1. The Morgan fingerprint density at radius 1 is 1.25 bits per heavy atom. The molecule has 2 atom stereocenters. The highest BCUT2D eigenvalue weighted by Crippen LogP contribution is 2.32. The topological polar surface area (TPSA) is 55.5 Å². The van der Waals surface area contributed by atoms with Gasteiger partial charge >= 0.3 is 0 Å². The SMILES string of the molecule is N[C@H]1CCc2cc(OCC(O)CC3CCCC3)ccc21. The van der Waals surface area contributed by atoms with Gasteiger partial charge in [0.2, 0.25) is 0 Å². The predicted octanol–water partition coefficient (Wildman–Crippen LogP) is 2.95. The van der Waals surface area contributed by atoms with Gasteiger partial charge in [0.1, 0.15) is 12.4 Å². The van der Waals surface area contributed by atoms with Crippen LogP contribution in [0.15, 0.2) is 18.2 Å². The zero-order valence-corrected chi connectivity index (χ0v) is 12.1. The van der Waals surface area contributed by atoms with Gasteiger partial charge in [-0.15, -0.1) is 0 Å². The Hall–Kier alpha value is -1.06. The first kappa shape index (κ1) is 13.9. The second-order valence-corrected chi connectivity index (χ2v) is 6.36. The smallest absolute Gasteiger partial charge is 0.119 e. The van der Waals surface area contributed by atoms with Crippen molar-refractivity contribution in [3.8, 4) is 5.75 Å². The minimum absolute atomic E-state index is 0.187. The largest absolute Gasteiger partial charge is 0.491 e. The van der Waals surface area contributed by atoms with Crippen LogP contribution in [-0.4, -0.2) is 17.8 Å². The van der Waals surface area contributed by atoms with Crippen LogP contribution in [0.1, 0.15) is 55.7 Å². The summed E-state index contributed by atoms with van der Waals surface area (Å²) in [7, 11) is 0. The summed E-state index contributed by atoms with van der Waals surface area (Å²) in [5, 5.41) is 10.1. The quantitative estimate of drug-likeness (QED) is 0.868. The van der Waals surface area contributed by atoms with Crippen molar-refractivity contribution >= 4 is 0 Å². The van der Waals surface area contributed by atoms with Crippen LogP contribution in [0.5, 0.6) is 5.75 Å². The molecule has 0 aromatic heterocycles. The fourth-order valence-corrected chi connectivity index (χ4v) is 3.61. The summed E-state index contributed by atoms with van der Waals surface area (Å²) in [6, 6.07) is 6.33. The molecular weight excluding hydrogens is 250 g/mol. The minimum atomic E-state index is -0.339. The Labute approximate surface area is 121 Å². The van der Waals surface area contributed by atoms with Gasteiger partial charge in [-0.3, -0.25) is 0 Å². The van der Waals surface area contributed by atoms with E-state index in [1.807, 2.05) is 6.07 Å². The molecule has 3 nitrogen and oxygen atoms in total. The second-order valence-electron chi connectivity index (χ2n) is 6.36. The van der Waals surface area contributed by atoms with Crippen LogP contribution in [0, 0.1) is 5.92 Å². The average Bonchev–Trinajstić information content (AvgIpc) is 3.07. The number of aryl methyl sites for hydroxylation is 1. The van der Waals surface area contributed by atoms with Crippen LogP contribution in [0.3, 0.4) is 0 Å². The summed E-state index contributed by atoms with van der Waals surface area (Å²) >= 11 is 0. The van der Waals surface area contributed by atoms with E-state index in [2.05, 4.69) is 12.1 Å². The molecule has 0 spiro atoms. The van der Waals surface area contributed by atoms with Crippen molar-refractivity contribution in [3.05, 3.63) is 29.3 Å². The van der Waals surface area contributed by atoms with Gasteiger partial charge in [-0.2, -0.15) is 0 Å². The van der Waals surface area contributed by atoms with Crippen molar-refractivity contribution in [1.29, 1.82) is 0 Å². The Bertz CT molecular complexity index is 454. The van der Waals surface area contributed by atoms with E-state index in [1.165, 1.54) is 36.8 Å². The normalized spacial score (nSPS) is 23.8. The number of benzene rings is 1. The number of hydrogen-bond donors (Lipinski definition) is 2. The Kier molecular flexibility index (Phi) is 4.27. The molecular formula is C17H25NO2. The van der Waals surface area contributed by atoms with Gasteiger partial charge in [0.05, 0.1) is 6.10 Å². The van der Waals surface area contributed by atoms with Crippen molar-refractivity contribution in [2.24, 2.45) is 11.7 Å².